The predicted octanol–water partition coefficient (Wildman–Crippen LogP) is 2.11. The molecule has 2 aromatic carbocycles. The molecule has 3 rings (SSSR count). The fourth-order valence-electron chi connectivity index (χ4n) is 2.61. The molecule has 1 aromatic heterocycles. The van der Waals surface area contributed by atoms with Crippen LogP contribution < -0.4 is 10.6 Å². The number of hydrogen-bond donors (Lipinski definition) is 2. The Morgan fingerprint density at radius 3 is 2.41 bits per heavy atom. The van der Waals surface area contributed by atoms with E-state index in [0.29, 0.717) is 16.7 Å². The van der Waals surface area contributed by atoms with Crippen molar-refractivity contribution < 1.29 is 19.0 Å². The van der Waals surface area contributed by atoms with Crippen LogP contribution >= 0.6 is 0 Å². The summed E-state index contributed by atoms with van der Waals surface area (Å²) in [5.41, 5.74) is 1.21. The Kier molecular flexibility index (Phi) is 5.93. The van der Waals surface area contributed by atoms with Gasteiger partial charge in [0.1, 0.15) is 0 Å². The fourth-order valence-corrected chi connectivity index (χ4v) is 2.61. The number of nitrogens with one attached hydrogen (secondary N) is 2. The molecule has 148 valence electrons. The summed E-state index contributed by atoms with van der Waals surface area (Å²) in [6.07, 6.45) is 0. The molecule has 0 atom stereocenters. The molecule has 2 amide bonds. The number of hydrogen-bond acceptors (Lipinski definition) is 7. The van der Waals surface area contributed by atoms with Gasteiger partial charge in [0.15, 0.2) is 0 Å². The molecule has 1 heterocycles. The Morgan fingerprint density at radius 2 is 1.72 bits per heavy atom. The van der Waals surface area contributed by atoms with Crippen molar-refractivity contribution in [1.29, 1.82) is 0 Å². The van der Waals surface area contributed by atoms with E-state index in [2.05, 4.69) is 20.8 Å². The van der Waals surface area contributed by atoms with Crippen LogP contribution in [0.15, 0.2) is 53.1 Å². The molecule has 0 aliphatic carbocycles. The number of amides is 2. The minimum absolute atomic E-state index is 0.0764. The molecule has 0 aliphatic heterocycles. The number of aromatic nitrogens is 2. The number of carbonyl (C=O) groups is 2. The quantitative estimate of drug-likeness (QED) is 0.355. The Morgan fingerprint density at radius 1 is 1.03 bits per heavy atom. The van der Waals surface area contributed by atoms with E-state index < -0.39 is 10.8 Å². The maximum atomic E-state index is 12.1. The van der Waals surface area contributed by atoms with Crippen molar-refractivity contribution in [1.82, 2.24) is 20.8 Å². The van der Waals surface area contributed by atoms with Crippen LogP contribution in [-0.2, 0) is 0 Å². The largest absolute Gasteiger partial charge is 0.350 e. The maximum absolute atomic E-state index is 12.1. The molecule has 29 heavy (non-hydrogen) atoms. The van der Waals surface area contributed by atoms with Gasteiger partial charge in [-0.05, 0) is 19.1 Å². The monoisotopic (exact) mass is 395 g/mol. The average molecular weight is 395 g/mol. The summed E-state index contributed by atoms with van der Waals surface area (Å²) in [6, 6.07) is 13.2. The molecule has 0 saturated heterocycles. The first-order valence-corrected chi connectivity index (χ1v) is 8.67. The number of nitro groups is 1. The molecule has 0 fully saturated rings. The van der Waals surface area contributed by atoms with Crippen LogP contribution in [0.1, 0.15) is 26.6 Å². The number of nitro benzene ring substituents is 1. The molecule has 0 unspecified atom stereocenters. The molecule has 3 aromatic rings. The van der Waals surface area contributed by atoms with Crippen LogP contribution in [0.2, 0.25) is 0 Å². The van der Waals surface area contributed by atoms with Crippen LogP contribution in [-0.4, -0.2) is 40.0 Å². The molecule has 0 aliphatic rings. The zero-order valence-corrected chi connectivity index (χ0v) is 15.4. The van der Waals surface area contributed by atoms with Crippen LogP contribution in [0.5, 0.6) is 0 Å². The minimum atomic E-state index is -0.610. The van der Waals surface area contributed by atoms with Gasteiger partial charge in [-0.2, -0.15) is 4.98 Å². The van der Waals surface area contributed by atoms with E-state index in [1.807, 2.05) is 6.07 Å². The molecule has 2 N–H and O–H groups in total. The lowest BCUT2D eigenvalue weighted by Gasteiger charge is -2.05. The van der Waals surface area contributed by atoms with E-state index in [-0.39, 0.29) is 36.4 Å². The molecule has 0 bridgehead atoms. The molecule has 10 heteroatoms. The van der Waals surface area contributed by atoms with E-state index in [0.717, 1.165) is 0 Å². The third kappa shape index (κ3) is 4.61. The molecule has 0 radical (unpaired) electrons. The zero-order chi connectivity index (χ0) is 20.8. The normalized spacial score (nSPS) is 10.4. The first kappa shape index (κ1) is 19.7. The highest BCUT2D eigenvalue weighted by Gasteiger charge is 2.20. The van der Waals surface area contributed by atoms with Gasteiger partial charge in [-0.3, -0.25) is 19.7 Å². The summed E-state index contributed by atoms with van der Waals surface area (Å²) in [5.74, 6) is -1.06. The number of carbonyl (C=O) groups excluding carboxylic acids is 2. The van der Waals surface area contributed by atoms with Crippen molar-refractivity contribution in [2.45, 2.75) is 6.92 Å². The zero-order valence-electron chi connectivity index (χ0n) is 15.4. The average Bonchev–Trinajstić information content (AvgIpc) is 3.21. The van der Waals surface area contributed by atoms with Crippen molar-refractivity contribution in [3.05, 3.63) is 75.7 Å². The molecule has 0 spiro atoms. The van der Waals surface area contributed by atoms with Gasteiger partial charge in [-0.15, -0.1) is 0 Å². The first-order valence-electron chi connectivity index (χ1n) is 8.67. The van der Waals surface area contributed by atoms with Crippen molar-refractivity contribution in [3.8, 4) is 11.4 Å². The second-order valence-corrected chi connectivity index (χ2v) is 6.01. The molecular weight excluding hydrogens is 378 g/mol. The maximum Gasteiger partial charge on any atom is 0.316 e. The van der Waals surface area contributed by atoms with E-state index in [1.165, 1.54) is 12.1 Å². The summed E-state index contributed by atoms with van der Waals surface area (Å²) in [4.78, 5) is 38.6. The van der Waals surface area contributed by atoms with Crippen LogP contribution in [0.3, 0.4) is 0 Å². The van der Waals surface area contributed by atoms with Gasteiger partial charge in [-0.25, -0.2) is 0 Å². The fraction of sp³-hybridized carbons (Fsp3) is 0.158. The minimum Gasteiger partial charge on any atom is -0.350 e. The summed E-state index contributed by atoms with van der Waals surface area (Å²) >= 11 is 0. The molecular formula is C19H17N5O5. The van der Waals surface area contributed by atoms with Crippen molar-refractivity contribution in [3.63, 3.8) is 0 Å². The van der Waals surface area contributed by atoms with E-state index in [9.17, 15) is 19.7 Å². The van der Waals surface area contributed by atoms with Crippen LogP contribution in [0.25, 0.3) is 11.4 Å². The lowest BCUT2D eigenvalue weighted by atomic mass is 10.1. The van der Waals surface area contributed by atoms with Gasteiger partial charge < -0.3 is 15.2 Å². The SMILES string of the molecule is Cc1c(-c2noc(C(=O)NCCNC(=O)c3ccccc3)n2)cccc1[N+](=O)[O-]. The van der Waals surface area contributed by atoms with Gasteiger partial charge in [0, 0.05) is 35.8 Å². The Labute approximate surface area is 165 Å². The highest BCUT2D eigenvalue weighted by molar-refractivity contribution is 5.94. The number of nitrogens with zero attached hydrogens (tertiary/aromatic N) is 3. The van der Waals surface area contributed by atoms with Gasteiger partial charge in [0.2, 0.25) is 5.82 Å². The summed E-state index contributed by atoms with van der Waals surface area (Å²) in [6.45, 7) is 1.94. The highest BCUT2D eigenvalue weighted by atomic mass is 16.6. The van der Waals surface area contributed by atoms with Crippen molar-refractivity contribution in [2.24, 2.45) is 0 Å². The van der Waals surface area contributed by atoms with E-state index in [4.69, 9.17) is 4.52 Å². The standard InChI is InChI=1S/C19H17N5O5/c1-12-14(8-5-9-15(12)24(27)28)16-22-19(29-23-16)18(26)21-11-10-20-17(25)13-6-3-2-4-7-13/h2-9H,10-11H2,1H3,(H,20,25)(H,21,26). The molecule has 0 saturated carbocycles. The van der Waals surface area contributed by atoms with Gasteiger partial charge in [-0.1, -0.05) is 35.5 Å². The van der Waals surface area contributed by atoms with E-state index in [1.54, 1.807) is 37.3 Å². The predicted molar refractivity (Wildman–Crippen MR) is 102 cm³/mol. The lowest BCUT2D eigenvalue weighted by Crippen LogP contribution is -2.34. The summed E-state index contributed by atoms with van der Waals surface area (Å²) < 4.78 is 4.95. The van der Waals surface area contributed by atoms with E-state index >= 15 is 0 Å². The Bertz CT molecular complexity index is 1050. The topological polar surface area (TPSA) is 140 Å². The summed E-state index contributed by atoms with van der Waals surface area (Å²) in [7, 11) is 0. The summed E-state index contributed by atoms with van der Waals surface area (Å²) in [5, 5.41) is 20.0. The highest BCUT2D eigenvalue weighted by Crippen LogP contribution is 2.27. The third-order valence-corrected chi connectivity index (χ3v) is 4.10. The van der Waals surface area contributed by atoms with Crippen LogP contribution in [0.4, 0.5) is 5.69 Å². The Balaban J connectivity index is 1.57. The second-order valence-electron chi connectivity index (χ2n) is 6.01. The van der Waals surface area contributed by atoms with Gasteiger partial charge >= 0.3 is 11.8 Å². The number of benzene rings is 2. The smallest absolute Gasteiger partial charge is 0.316 e. The third-order valence-electron chi connectivity index (χ3n) is 4.10. The molecule has 10 nitrogen and oxygen atoms in total. The number of rotatable bonds is 7. The lowest BCUT2D eigenvalue weighted by molar-refractivity contribution is -0.385. The second kappa shape index (κ2) is 8.74. The first-order chi connectivity index (χ1) is 14.0. The van der Waals surface area contributed by atoms with Gasteiger partial charge in [0.05, 0.1) is 4.92 Å². The van der Waals surface area contributed by atoms with Gasteiger partial charge in [0.25, 0.3) is 11.6 Å². The van der Waals surface area contributed by atoms with Crippen molar-refractivity contribution >= 4 is 17.5 Å². The van der Waals surface area contributed by atoms with Crippen molar-refractivity contribution in [2.75, 3.05) is 13.1 Å². The van der Waals surface area contributed by atoms with Crippen LogP contribution in [0, 0.1) is 17.0 Å². The Hall–Kier alpha value is -4.08.